The van der Waals surface area contributed by atoms with Gasteiger partial charge in [-0.25, -0.2) is 0 Å². The van der Waals surface area contributed by atoms with Crippen LogP contribution < -0.4 is 10.1 Å². The van der Waals surface area contributed by atoms with E-state index in [0.717, 1.165) is 41.4 Å². The predicted molar refractivity (Wildman–Crippen MR) is 72.8 cm³/mol. The Morgan fingerprint density at radius 3 is 3.00 bits per heavy atom. The summed E-state index contributed by atoms with van der Waals surface area (Å²) < 4.78 is 11.2. The highest BCUT2D eigenvalue weighted by Crippen LogP contribution is 2.38. The lowest BCUT2D eigenvalue weighted by atomic mass is 10.0. The number of hydrogen-bond acceptors (Lipinski definition) is 4. The summed E-state index contributed by atoms with van der Waals surface area (Å²) in [5.74, 6) is 2.34. The molecule has 2 heterocycles. The molecule has 4 heteroatoms. The average molecular weight is 258 g/mol. The molecule has 1 aromatic carbocycles. The number of rotatable bonds is 4. The molecule has 0 fully saturated rings. The molecule has 3 rings (SSSR count). The fourth-order valence-electron chi connectivity index (χ4n) is 2.25. The Morgan fingerprint density at radius 1 is 1.32 bits per heavy atom. The summed E-state index contributed by atoms with van der Waals surface area (Å²) in [6, 6.07) is 7.91. The molecule has 1 aliphatic heterocycles. The number of nitrogens with one attached hydrogen (secondary N) is 1. The molecule has 0 saturated carbocycles. The zero-order chi connectivity index (χ0) is 13.2. The lowest BCUT2D eigenvalue weighted by molar-refractivity contribution is 0.297. The van der Waals surface area contributed by atoms with Gasteiger partial charge in [-0.3, -0.25) is 0 Å². The van der Waals surface area contributed by atoms with E-state index in [9.17, 15) is 0 Å². The fourth-order valence-corrected chi connectivity index (χ4v) is 2.25. The number of benzene rings is 1. The van der Waals surface area contributed by atoms with Crippen molar-refractivity contribution in [2.24, 2.45) is 5.92 Å². The van der Waals surface area contributed by atoms with Gasteiger partial charge in [0.2, 0.25) is 0 Å². The van der Waals surface area contributed by atoms with E-state index in [1.54, 1.807) is 0 Å². The molecule has 0 bridgehead atoms. The quantitative estimate of drug-likeness (QED) is 0.915. The van der Waals surface area contributed by atoms with Crippen molar-refractivity contribution in [1.82, 2.24) is 10.5 Å². The molecule has 0 spiro atoms. The Bertz CT molecular complexity index is 575. The molecule has 1 aliphatic rings. The van der Waals surface area contributed by atoms with Crippen LogP contribution in [0.2, 0.25) is 0 Å². The van der Waals surface area contributed by atoms with Gasteiger partial charge in [-0.05, 0) is 24.6 Å². The molecular formula is C15H18N2O2. The van der Waals surface area contributed by atoms with Crippen molar-refractivity contribution in [2.75, 3.05) is 6.54 Å². The Morgan fingerprint density at radius 2 is 2.16 bits per heavy atom. The van der Waals surface area contributed by atoms with E-state index in [1.807, 2.05) is 24.3 Å². The normalized spacial score (nSPS) is 13.0. The first-order valence-corrected chi connectivity index (χ1v) is 6.66. The van der Waals surface area contributed by atoms with Gasteiger partial charge < -0.3 is 14.6 Å². The summed E-state index contributed by atoms with van der Waals surface area (Å²) in [5.41, 5.74) is 3.01. The Hall–Kier alpha value is -1.81. The number of fused-ring (bicyclic) bond motifs is 3. The minimum Gasteiger partial charge on any atom is -0.488 e. The molecule has 1 aromatic heterocycles. The van der Waals surface area contributed by atoms with Gasteiger partial charge in [0.25, 0.3) is 0 Å². The van der Waals surface area contributed by atoms with Crippen molar-refractivity contribution in [3.8, 4) is 17.1 Å². The van der Waals surface area contributed by atoms with Crippen LogP contribution in [0.5, 0.6) is 5.75 Å². The van der Waals surface area contributed by atoms with E-state index in [0.29, 0.717) is 12.5 Å². The first kappa shape index (κ1) is 12.2. The van der Waals surface area contributed by atoms with Crippen molar-refractivity contribution in [2.45, 2.75) is 27.0 Å². The van der Waals surface area contributed by atoms with Gasteiger partial charge in [0, 0.05) is 6.54 Å². The highest BCUT2D eigenvalue weighted by Gasteiger charge is 2.24. The van der Waals surface area contributed by atoms with Crippen LogP contribution in [0.1, 0.15) is 25.1 Å². The zero-order valence-corrected chi connectivity index (χ0v) is 11.3. The fraction of sp³-hybridized carbons (Fsp3) is 0.400. The van der Waals surface area contributed by atoms with Crippen molar-refractivity contribution in [3.05, 3.63) is 35.5 Å². The highest BCUT2D eigenvalue weighted by atomic mass is 16.5. The van der Waals surface area contributed by atoms with Crippen molar-refractivity contribution in [3.63, 3.8) is 0 Å². The summed E-state index contributed by atoms with van der Waals surface area (Å²) >= 11 is 0. The maximum Gasteiger partial charge on any atom is 0.177 e. The van der Waals surface area contributed by atoms with Crippen LogP contribution in [0, 0.1) is 5.92 Å². The largest absolute Gasteiger partial charge is 0.488 e. The Kier molecular flexibility index (Phi) is 3.25. The van der Waals surface area contributed by atoms with E-state index in [1.165, 1.54) is 0 Å². The van der Waals surface area contributed by atoms with E-state index in [2.05, 4.69) is 24.3 Å². The number of hydrogen-bond donors (Lipinski definition) is 1. The van der Waals surface area contributed by atoms with Crippen LogP contribution in [0.25, 0.3) is 11.3 Å². The Balaban J connectivity index is 1.83. The van der Waals surface area contributed by atoms with Gasteiger partial charge in [-0.15, -0.1) is 0 Å². The van der Waals surface area contributed by atoms with Gasteiger partial charge in [0.05, 0.1) is 11.1 Å². The summed E-state index contributed by atoms with van der Waals surface area (Å²) in [7, 11) is 0. The Labute approximate surface area is 112 Å². The number of nitrogens with zero attached hydrogens (tertiary/aromatic N) is 1. The van der Waals surface area contributed by atoms with E-state index in [-0.39, 0.29) is 0 Å². The summed E-state index contributed by atoms with van der Waals surface area (Å²) in [5, 5.41) is 7.56. The molecule has 0 radical (unpaired) electrons. The third-order valence-corrected chi connectivity index (χ3v) is 3.22. The first-order chi connectivity index (χ1) is 9.25. The van der Waals surface area contributed by atoms with Gasteiger partial charge in [-0.1, -0.05) is 31.1 Å². The minimum atomic E-state index is 0.536. The van der Waals surface area contributed by atoms with Gasteiger partial charge in [0.1, 0.15) is 18.1 Å². The molecule has 0 saturated heterocycles. The van der Waals surface area contributed by atoms with Crippen molar-refractivity contribution < 1.29 is 9.26 Å². The lowest BCUT2D eigenvalue weighted by Crippen LogP contribution is -2.20. The molecular weight excluding hydrogens is 240 g/mol. The second-order valence-corrected chi connectivity index (χ2v) is 5.25. The van der Waals surface area contributed by atoms with Crippen molar-refractivity contribution >= 4 is 0 Å². The maximum absolute atomic E-state index is 5.75. The second kappa shape index (κ2) is 5.05. The number of para-hydroxylation sites is 1. The zero-order valence-electron chi connectivity index (χ0n) is 11.3. The molecule has 0 aliphatic carbocycles. The van der Waals surface area contributed by atoms with Crippen LogP contribution >= 0.6 is 0 Å². The summed E-state index contributed by atoms with van der Waals surface area (Å²) in [6.07, 6.45) is 0. The molecule has 0 amide bonds. The highest BCUT2D eigenvalue weighted by molar-refractivity contribution is 5.70. The molecule has 1 N–H and O–H groups in total. The molecule has 0 atom stereocenters. The predicted octanol–water partition coefficient (Wildman–Crippen LogP) is 2.98. The average Bonchev–Trinajstić information content (AvgIpc) is 2.82. The SMILES string of the molecule is CC(C)CNCc1noc2c1COc1ccccc1-2. The second-order valence-electron chi connectivity index (χ2n) is 5.25. The minimum absolute atomic E-state index is 0.536. The first-order valence-electron chi connectivity index (χ1n) is 6.66. The van der Waals surface area contributed by atoms with E-state index in [4.69, 9.17) is 9.26 Å². The maximum atomic E-state index is 5.75. The van der Waals surface area contributed by atoms with Crippen LogP contribution in [0.3, 0.4) is 0 Å². The van der Waals surface area contributed by atoms with Crippen molar-refractivity contribution in [1.29, 1.82) is 0 Å². The van der Waals surface area contributed by atoms with Gasteiger partial charge in [0.15, 0.2) is 5.76 Å². The molecule has 2 aromatic rings. The van der Waals surface area contributed by atoms with Crippen LogP contribution in [-0.4, -0.2) is 11.7 Å². The van der Waals surface area contributed by atoms with Gasteiger partial charge in [-0.2, -0.15) is 0 Å². The smallest absolute Gasteiger partial charge is 0.177 e. The molecule has 19 heavy (non-hydrogen) atoms. The standard InChI is InChI=1S/C15H18N2O2/c1-10(2)7-16-8-13-12-9-18-14-6-4-3-5-11(14)15(12)19-17-13/h3-6,10,16H,7-9H2,1-2H3. The van der Waals surface area contributed by atoms with Crippen LogP contribution in [0.15, 0.2) is 28.8 Å². The summed E-state index contributed by atoms with van der Waals surface area (Å²) in [4.78, 5) is 0. The third kappa shape index (κ3) is 2.36. The molecule has 4 nitrogen and oxygen atoms in total. The molecule has 100 valence electrons. The number of aromatic nitrogens is 1. The van der Waals surface area contributed by atoms with Gasteiger partial charge >= 0.3 is 0 Å². The summed E-state index contributed by atoms with van der Waals surface area (Å²) in [6.45, 7) is 6.60. The number of ether oxygens (including phenoxy) is 1. The third-order valence-electron chi connectivity index (χ3n) is 3.22. The van der Waals surface area contributed by atoms with E-state index >= 15 is 0 Å². The lowest BCUT2D eigenvalue weighted by Gasteiger charge is -2.16. The van der Waals surface area contributed by atoms with Crippen LogP contribution in [0.4, 0.5) is 0 Å². The van der Waals surface area contributed by atoms with Crippen LogP contribution in [-0.2, 0) is 13.2 Å². The monoisotopic (exact) mass is 258 g/mol. The van der Waals surface area contributed by atoms with E-state index < -0.39 is 0 Å². The molecule has 0 unspecified atom stereocenters. The topological polar surface area (TPSA) is 47.3 Å².